The van der Waals surface area contributed by atoms with Gasteiger partial charge in [0, 0.05) is 0 Å². The van der Waals surface area contributed by atoms with E-state index < -0.39 is 6.04 Å². The number of hydrazone groups is 1. The number of benzene rings is 3. The molecule has 1 unspecified atom stereocenters. The van der Waals surface area contributed by atoms with Crippen LogP contribution in [0.15, 0.2) is 88.1 Å². The molecule has 0 radical (unpaired) electrons. The second-order valence-electron chi connectivity index (χ2n) is 7.26. The molecule has 1 aliphatic heterocycles. The third-order valence-electron chi connectivity index (χ3n) is 5.13. The smallest absolute Gasteiger partial charge is 0.280 e. The molecule has 31 heavy (non-hydrogen) atoms. The van der Waals surface area contributed by atoms with E-state index in [1.807, 2.05) is 54.6 Å². The lowest BCUT2D eigenvalue weighted by Gasteiger charge is -2.12. The van der Waals surface area contributed by atoms with E-state index in [1.54, 1.807) is 19.1 Å². The predicted molar refractivity (Wildman–Crippen MR) is 119 cm³/mol. The average Bonchev–Trinajstić information content (AvgIpc) is 3.08. The van der Waals surface area contributed by atoms with Crippen LogP contribution in [0.4, 0.5) is 11.4 Å². The highest BCUT2D eigenvalue weighted by molar-refractivity contribution is 6.18. The Hall–Kier alpha value is -4.00. The second-order valence-corrected chi connectivity index (χ2v) is 7.26. The highest BCUT2D eigenvalue weighted by Crippen LogP contribution is 2.30. The Bertz CT molecular complexity index is 1160. The molecule has 0 saturated carbocycles. The van der Waals surface area contributed by atoms with Gasteiger partial charge in [-0.05, 0) is 55.2 Å². The van der Waals surface area contributed by atoms with E-state index in [1.165, 1.54) is 11.1 Å². The molecule has 7 nitrogen and oxygen atoms in total. The monoisotopic (exact) mass is 414 g/mol. The first-order chi connectivity index (χ1) is 15.0. The lowest BCUT2D eigenvalue weighted by Crippen LogP contribution is -2.29. The maximum Gasteiger partial charge on any atom is 0.280 e. The Morgan fingerprint density at radius 3 is 2.39 bits per heavy atom. The molecule has 0 aliphatic carbocycles. The summed E-state index contributed by atoms with van der Waals surface area (Å²) in [5.41, 5.74) is 3.50. The number of hydrogen-bond acceptors (Lipinski definition) is 6. The van der Waals surface area contributed by atoms with Crippen molar-refractivity contribution in [1.29, 1.82) is 0 Å². The van der Waals surface area contributed by atoms with Crippen molar-refractivity contribution in [2.75, 3.05) is 5.01 Å². The molecule has 4 rings (SSSR count). The molecule has 0 spiro atoms. The molecule has 1 amide bonds. The number of phenols is 2. The number of amides is 1. The zero-order valence-electron chi connectivity index (χ0n) is 17.0. The van der Waals surface area contributed by atoms with Crippen LogP contribution in [0.25, 0.3) is 0 Å². The fourth-order valence-electron chi connectivity index (χ4n) is 3.43. The summed E-state index contributed by atoms with van der Waals surface area (Å²) in [5.74, 6) is -0.483. The first-order valence-electron chi connectivity index (χ1n) is 9.97. The van der Waals surface area contributed by atoms with Crippen LogP contribution in [0.2, 0.25) is 0 Å². The van der Waals surface area contributed by atoms with Crippen LogP contribution >= 0.6 is 0 Å². The summed E-state index contributed by atoms with van der Waals surface area (Å²) >= 11 is 0. The molecular weight excluding hydrogens is 392 g/mol. The number of para-hydroxylation sites is 2. The number of hydrogen-bond donors (Lipinski definition) is 2. The number of carbonyl (C=O) groups is 1. The van der Waals surface area contributed by atoms with Crippen LogP contribution in [0.5, 0.6) is 11.5 Å². The van der Waals surface area contributed by atoms with Gasteiger partial charge in [-0.15, -0.1) is 0 Å². The maximum atomic E-state index is 12.8. The van der Waals surface area contributed by atoms with Crippen molar-refractivity contribution in [2.45, 2.75) is 25.8 Å². The first kappa shape index (κ1) is 20.3. The summed E-state index contributed by atoms with van der Waals surface area (Å²) in [4.78, 5) is 12.8. The van der Waals surface area contributed by atoms with E-state index in [4.69, 9.17) is 0 Å². The summed E-state index contributed by atoms with van der Waals surface area (Å²) in [5, 5.41) is 34.1. The van der Waals surface area contributed by atoms with Crippen molar-refractivity contribution < 1.29 is 15.0 Å². The molecule has 1 heterocycles. The van der Waals surface area contributed by atoms with Gasteiger partial charge in [0.25, 0.3) is 5.91 Å². The van der Waals surface area contributed by atoms with Gasteiger partial charge in [0.2, 0.25) is 0 Å². The Morgan fingerprint density at radius 1 is 0.903 bits per heavy atom. The van der Waals surface area contributed by atoms with Crippen LogP contribution in [0.1, 0.15) is 18.1 Å². The van der Waals surface area contributed by atoms with E-state index in [0.29, 0.717) is 35.5 Å². The number of anilines is 1. The SMILES string of the molecule is CC1=NN(c2ccccc2)C(=O)C1N=Nc1ccccc1CCc1cccc(O)c1O. The van der Waals surface area contributed by atoms with E-state index in [-0.39, 0.29) is 17.4 Å². The molecule has 1 atom stereocenters. The van der Waals surface area contributed by atoms with E-state index in [0.717, 1.165) is 5.56 Å². The van der Waals surface area contributed by atoms with Crippen molar-refractivity contribution >= 4 is 23.0 Å². The van der Waals surface area contributed by atoms with Gasteiger partial charge in [0.15, 0.2) is 17.5 Å². The summed E-state index contributed by atoms with van der Waals surface area (Å²) in [7, 11) is 0. The number of aryl methyl sites for hydroxylation is 2. The average molecular weight is 414 g/mol. The summed E-state index contributed by atoms with van der Waals surface area (Å²) < 4.78 is 0. The zero-order chi connectivity index (χ0) is 21.8. The highest BCUT2D eigenvalue weighted by Gasteiger charge is 2.34. The minimum absolute atomic E-state index is 0.106. The van der Waals surface area contributed by atoms with Crippen molar-refractivity contribution in [3.05, 3.63) is 83.9 Å². The third-order valence-corrected chi connectivity index (χ3v) is 5.13. The highest BCUT2D eigenvalue weighted by atomic mass is 16.3. The minimum atomic E-state index is -0.761. The standard InChI is InChI=1S/C24H22N4O3/c1-16-22(24(31)28(27-16)19-10-3-2-4-11-19)26-25-20-12-6-5-8-17(20)14-15-18-9-7-13-21(29)23(18)30/h2-13,22,29-30H,14-15H2,1H3. The van der Waals surface area contributed by atoms with Gasteiger partial charge in [-0.1, -0.05) is 48.5 Å². The van der Waals surface area contributed by atoms with Crippen LogP contribution in [0, 0.1) is 0 Å². The number of nitrogens with zero attached hydrogens (tertiary/aromatic N) is 4. The molecule has 156 valence electrons. The number of carbonyl (C=O) groups excluding carboxylic acids is 1. The van der Waals surface area contributed by atoms with Crippen LogP contribution in [-0.4, -0.2) is 27.9 Å². The molecule has 0 aromatic heterocycles. The lowest BCUT2D eigenvalue weighted by molar-refractivity contribution is -0.117. The van der Waals surface area contributed by atoms with E-state index in [9.17, 15) is 15.0 Å². The molecular formula is C24H22N4O3. The molecule has 3 aromatic rings. The summed E-state index contributed by atoms with van der Waals surface area (Å²) in [6.07, 6.45) is 1.12. The molecule has 1 aliphatic rings. The van der Waals surface area contributed by atoms with Crippen molar-refractivity contribution in [3.8, 4) is 11.5 Å². The van der Waals surface area contributed by atoms with E-state index >= 15 is 0 Å². The van der Waals surface area contributed by atoms with Gasteiger partial charge in [0.05, 0.1) is 17.1 Å². The fourth-order valence-corrected chi connectivity index (χ4v) is 3.43. The second kappa shape index (κ2) is 8.79. The number of aromatic hydroxyl groups is 2. The molecule has 0 saturated heterocycles. The first-order valence-corrected chi connectivity index (χ1v) is 9.97. The lowest BCUT2D eigenvalue weighted by atomic mass is 10.0. The zero-order valence-corrected chi connectivity index (χ0v) is 17.0. The Balaban J connectivity index is 1.50. The fraction of sp³-hybridized carbons (Fsp3) is 0.167. The Morgan fingerprint density at radius 2 is 1.58 bits per heavy atom. The van der Waals surface area contributed by atoms with Crippen molar-refractivity contribution in [3.63, 3.8) is 0 Å². The minimum Gasteiger partial charge on any atom is -0.504 e. The van der Waals surface area contributed by atoms with Gasteiger partial charge < -0.3 is 10.2 Å². The largest absolute Gasteiger partial charge is 0.504 e. The number of azo groups is 1. The van der Waals surface area contributed by atoms with Crippen LogP contribution < -0.4 is 5.01 Å². The molecule has 7 heteroatoms. The maximum absolute atomic E-state index is 12.8. The van der Waals surface area contributed by atoms with Crippen molar-refractivity contribution in [2.24, 2.45) is 15.3 Å². The normalized spacial score (nSPS) is 16.2. The Labute approximate surface area is 180 Å². The number of rotatable bonds is 6. The van der Waals surface area contributed by atoms with Gasteiger partial charge in [0.1, 0.15) is 0 Å². The molecule has 0 fully saturated rings. The summed E-state index contributed by atoms with van der Waals surface area (Å²) in [6, 6.07) is 20.9. The van der Waals surface area contributed by atoms with E-state index in [2.05, 4.69) is 15.3 Å². The van der Waals surface area contributed by atoms with Crippen LogP contribution in [0.3, 0.4) is 0 Å². The van der Waals surface area contributed by atoms with Gasteiger partial charge in [-0.3, -0.25) is 4.79 Å². The van der Waals surface area contributed by atoms with Gasteiger partial charge in [-0.25, -0.2) is 0 Å². The van der Waals surface area contributed by atoms with Crippen molar-refractivity contribution in [1.82, 2.24) is 0 Å². The topological polar surface area (TPSA) is 97.9 Å². The Kier molecular flexibility index (Phi) is 5.75. The molecule has 0 bridgehead atoms. The quantitative estimate of drug-likeness (QED) is 0.449. The molecule has 2 N–H and O–H groups in total. The molecule has 3 aromatic carbocycles. The van der Waals surface area contributed by atoms with Crippen LogP contribution in [-0.2, 0) is 17.6 Å². The van der Waals surface area contributed by atoms with Gasteiger partial charge in [-0.2, -0.15) is 20.3 Å². The third kappa shape index (κ3) is 4.30. The number of phenolic OH excluding ortho intramolecular Hbond substituents is 2. The predicted octanol–water partition coefficient (Wildman–Crippen LogP) is 4.76. The van der Waals surface area contributed by atoms with Gasteiger partial charge >= 0.3 is 0 Å². The summed E-state index contributed by atoms with van der Waals surface area (Å²) in [6.45, 7) is 1.76.